The molecule has 0 spiro atoms. The molecule has 2 aliphatic rings. The largest absolute Gasteiger partial charge is 0.382 e. The van der Waals surface area contributed by atoms with Crippen LogP contribution < -0.4 is 11.2 Å². The Labute approximate surface area is 255 Å². The van der Waals surface area contributed by atoms with Crippen LogP contribution in [0.3, 0.4) is 0 Å². The highest BCUT2D eigenvalue weighted by Crippen LogP contribution is 2.43. The van der Waals surface area contributed by atoms with Gasteiger partial charge in [-0.05, 0) is 56.6 Å². The predicted molar refractivity (Wildman–Crippen MR) is 162 cm³/mol. The molecular formula is C30H37N7O6S. The van der Waals surface area contributed by atoms with Crippen molar-refractivity contribution in [3.8, 4) is 16.8 Å². The van der Waals surface area contributed by atoms with Crippen LogP contribution in [-0.2, 0) is 28.9 Å². The van der Waals surface area contributed by atoms with Gasteiger partial charge in [-0.25, -0.2) is 23.6 Å². The van der Waals surface area contributed by atoms with E-state index in [1.54, 1.807) is 24.2 Å². The minimum atomic E-state index is -3.78. The van der Waals surface area contributed by atoms with Crippen molar-refractivity contribution < 1.29 is 27.5 Å². The number of carbonyl (C=O) groups excluding carboxylic acids is 1. The van der Waals surface area contributed by atoms with Gasteiger partial charge in [0.25, 0.3) is 5.91 Å². The van der Waals surface area contributed by atoms with E-state index >= 15 is 0 Å². The molecule has 6 rings (SSSR count). The summed E-state index contributed by atoms with van der Waals surface area (Å²) >= 11 is 0. The highest BCUT2D eigenvalue weighted by atomic mass is 32.2. The number of fused-ring (bicyclic) bond motifs is 1. The molecule has 2 aliphatic carbocycles. The molecule has 14 heteroatoms. The maximum atomic E-state index is 13.3. The van der Waals surface area contributed by atoms with Gasteiger partial charge in [0.1, 0.15) is 16.3 Å². The normalized spacial score (nSPS) is 20.6. The number of methoxy groups -OCH3 is 1. The van der Waals surface area contributed by atoms with Gasteiger partial charge in [-0.15, -0.1) is 0 Å². The van der Waals surface area contributed by atoms with Crippen molar-refractivity contribution in [2.75, 3.05) is 38.9 Å². The minimum Gasteiger partial charge on any atom is -0.382 e. The Morgan fingerprint density at radius 2 is 1.84 bits per heavy atom. The average Bonchev–Trinajstić information content (AvgIpc) is 3.52. The third-order valence-electron chi connectivity index (χ3n) is 8.39. The SMILES string of the molecule is COCCO[C@]1(C(=O)NOCC2CC2)CC[C@@H](c2nc3c(-c4cnn(-c5ccccc5)c4)cnn3c(N)c2S(C)(=O)=O)CC1. The van der Waals surface area contributed by atoms with Gasteiger partial charge in [0.15, 0.2) is 15.5 Å². The molecule has 1 aromatic carbocycles. The fourth-order valence-electron chi connectivity index (χ4n) is 5.78. The zero-order valence-corrected chi connectivity index (χ0v) is 25.6. The Bertz CT molecular complexity index is 1740. The van der Waals surface area contributed by atoms with Crippen molar-refractivity contribution in [1.29, 1.82) is 0 Å². The van der Waals surface area contributed by atoms with Gasteiger partial charge >= 0.3 is 0 Å². The van der Waals surface area contributed by atoms with Crippen LogP contribution in [0.15, 0.2) is 53.8 Å². The lowest BCUT2D eigenvalue weighted by Crippen LogP contribution is -2.51. The van der Waals surface area contributed by atoms with Crippen LogP contribution in [0.25, 0.3) is 22.5 Å². The first-order valence-electron chi connectivity index (χ1n) is 14.7. The lowest BCUT2D eigenvalue weighted by Gasteiger charge is -2.38. The van der Waals surface area contributed by atoms with Crippen LogP contribution in [0.2, 0.25) is 0 Å². The maximum absolute atomic E-state index is 13.3. The number of nitrogens with one attached hydrogen (secondary N) is 1. The molecule has 13 nitrogen and oxygen atoms in total. The van der Waals surface area contributed by atoms with Gasteiger partial charge in [-0.2, -0.15) is 14.7 Å². The number of ether oxygens (including phenoxy) is 2. The number of aromatic nitrogens is 5. The molecule has 234 valence electrons. The monoisotopic (exact) mass is 623 g/mol. The molecule has 4 aromatic rings. The van der Waals surface area contributed by atoms with Crippen LogP contribution in [-0.4, -0.2) is 77.5 Å². The number of sulfone groups is 1. The fourth-order valence-corrected chi connectivity index (χ4v) is 6.84. The molecular weight excluding hydrogens is 586 g/mol. The number of nitrogen functional groups attached to an aromatic ring is 1. The van der Waals surface area contributed by atoms with Gasteiger partial charge in [-0.3, -0.25) is 9.63 Å². The quantitative estimate of drug-likeness (QED) is 0.177. The number of nitrogens with zero attached hydrogens (tertiary/aromatic N) is 5. The summed E-state index contributed by atoms with van der Waals surface area (Å²) in [5.41, 5.74) is 11.1. The number of rotatable bonds is 12. The molecule has 0 bridgehead atoms. The summed E-state index contributed by atoms with van der Waals surface area (Å²) in [6.07, 6.45) is 10.1. The molecule has 2 fully saturated rings. The Kier molecular flexibility index (Phi) is 8.42. The number of hydrogen-bond acceptors (Lipinski definition) is 10. The van der Waals surface area contributed by atoms with E-state index in [9.17, 15) is 13.2 Å². The van der Waals surface area contributed by atoms with Crippen molar-refractivity contribution in [2.45, 2.75) is 54.9 Å². The molecule has 0 saturated heterocycles. The van der Waals surface area contributed by atoms with Crippen LogP contribution in [0.5, 0.6) is 0 Å². The van der Waals surface area contributed by atoms with Crippen LogP contribution >= 0.6 is 0 Å². The second-order valence-electron chi connectivity index (χ2n) is 11.6. The van der Waals surface area contributed by atoms with Crippen LogP contribution in [0.1, 0.15) is 50.1 Å². The van der Waals surface area contributed by atoms with E-state index < -0.39 is 15.4 Å². The summed E-state index contributed by atoms with van der Waals surface area (Å²) in [7, 11) is -2.21. The summed E-state index contributed by atoms with van der Waals surface area (Å²) in [6.45, 7) is 1.04. The van der Waals surface area contributed by atoms with E-state index in [4.69, 9.17) is 25.0 Å². The summed E-state index contributed by atoms with van der Waals surface area (Å²) in [6, 6.07) is 9.69. The average molecular weight is 624 g/mol. The lowest BCUT2D eigenvalue weighted by molar-refractivity contribution is -0.167. The molecule has 44 heavy (non-hydrogen) atoms. The Morgan fingerprint density at radius 3 is 2.52 bits per heavy atom. The topological polar surface area (TPSA) is 165 Å². The predicted octanol–water partition coefficient (Wildman–Crippen LogP) is 3.08. The van der Waals surface area contributed by atoms with Crippen LogP contribution in [0.4, 0.5) is 5.82 Å². The zero-order valence-electron chi connectivity index (χ0n) is 24.8. The van der Waals surface area contributed by atoms with Crippen LogP contribution in [0, 0.1) is 5.92 Å². The standard InChI is InChI=1S/C30H37N7O6S/c1-41-14-15-42-30(29(38)35-43-19-20-8-9-20)12-10-21(11-13-30)25-26(44(2,39)40)27(31)37-28(34-25)24(17-33-37)22-16-32-36(18-22)23-6-4-3-5-7-23/h3-7,16-18,20-21H,8-15,19,31H2,1-2H3,(H,35,38)/t21-,30-. The highest BCUT2D eigenvalue weighted by Gasteiger charge is 2.45. The zero-order chi connectivity index (χ0) is 30.9. The van der Waals surface area contributed by atoms with Crippen molar-refractivity contribution in [3.63, 3.8) is 0 Å². The number of carbonyl (C=O) groups is 1. The first-order chi connectivity index (χ1) is 21.2. The smallest absolute Gasteiger partial charge is 0.275 e. The highest BCUT2D eigenvalue weighted by molar-refractivity contribution is 7.91. The van der Waals surface area contributed by atoms with Gasteiger partial charge in [0.2, 0.25) is 0 Å². The van der Waals surface area contributed by atoms with Crippen molar-refractivity contribution >= 4 is 27.2 Å². The lowest BCUT2D eigenvalue weighted by atomic mass is 9.76. The number of hydrogen-bond donors (Lipinski definition) is 2. The Hall–Kier alpha value is -3.85. The molecule has 2 saturated carbocycles. The third kappa shape index (κ3) is 6.07. The third-order valence-corrected chi connectivity index (χ3v) is 9.55. The second kappa shape index (κ2) is 12.3. The van der Waals surface area contributed by atoms with E-state index in [1.807, 2.05) is 36.5 Å². The van der Waals surface area contributed by atoms with Crippen molar-refractivity contribution in [2.24, 2.45) is 5.92 Å². The Morgan fingerprint density at radius 1 is 1.09 bits per heavy atom. The molecule has 1 amide bonds. The first kappa shape index (κ1) is 30.2. The van der Waals surface area contributed by atoms with E-state index in [-0.39, 0.29) is 29.1 Å². The second-order valence-corrected chi connectivity index (χ2v) is 13.5. The molecule has 0 unspecified atom stereocenters. The Balaban J connectivity index is 1.32. The number of nitrogens with two attached hydrogens (primary N) is 1. The molecule has 3 N–H and O–H groups in total. The van der Waals surface area contributed by atoms with E-state index in [1.165, 1.54) is 4.52 Å². The number of amides is 1. The van der Waals surface area contributed by atoms with Gasteiger partial charge in [0.05, 0.1) is 43.6 Å². The number of anilines is 1. The fraction of sp³-hybridized carbons (Fsp3) is 0.467. The summed E-state index contributed by atoms with van der Waals surface area (Å²) in [5, 5.41) is 8.89. The summed E-state index contributed by atoms with van der Waals surface area (Å²) < 4.78 is 40.6. The first-order valence-corrected chi connectivity index (χ1v) is 16.6. The van der Waals surface area contributed by atoms with E-state index in [0.717, 1.165) is 30.3 Å². The summed E-state index contributed by atoms with van der Waals surface area (Å²) in [4.78, 5) is 23.7. The number of hydroxylamine groups is 1. The maximum Gasteiger partial charge on any atom is 0.275 e. The molecule has 0 radical (unpaired) electrons. The molecule has 0 atom stereocenters. The molecule has 0 aliphatic heterocycles. The van der Waals surface area contributed by atoms with Gasteiger partial charge in [-0.1, -0.05) is 18.2 Å². The van der Waals surface area contributed by atoms with E-state index in [2.05, 4.69) is 15.7 Å². The molecule has 3 heterocycles. The summed E-state index contributed by atoms with van der Waals surface area (Å²) in [5.74, 6) is -0.152. The van der Waals surface area contributed by atoms with Gasteiger partial charge in [0, 0.05) is 36.6 Å². The van der Waals surface area contributed by atoms with Gasteiger partial charge < -0.3 is 15.2 Å². The van der Waals surface area contributed by atoms with E-state index in [0.29, 0.717) is 61.7 Å². The number of benzene rings is 1. The molecule has 3 aromatic heterocycles. The number of para-hydroxylation sites is 1. The van der Waals surface area contributed by atoms with Crippen molar-refractivity contribution in [3.05, 3.63) is 54.6 Å². The minimum absolute atomic E-state index is 0.00592. The van der Waals surface area contributed by atoms with Crippen molar-refractivity contribution in [1.82, 2.24) is 29.9 Å².